The number of carboxylic acid groups (broad SMARTS) is 1. The van der Waals surface area contributed by atoms with Crippen molar-refractivity contribution in [2.45, 2.75) is 13.0 Å². The summed E-state index contributed by atoms with van der Waals surface area (Å²) in [6.07, 6.45) is 0. The van der Waals surface area contributed by atoms with Crippen LogP contribution in [-0.4, -0.2) is 31.7 Å². The van der Waals surface area contributed by atoms with Gasteiger partial charge in [0, 0.05) is 0 Å². The summed E-state index contributed by atoms with van der Waals surface area (Å²) in [4.78, 5) is 31.2. The molecule has 0 saturated carbocycles. The molecule has 0 aliphatic rings. The maximum Gasteiger partial charge on any atom is 0.390 e. The number of aliphatic carboxylic acids is 1. The van der Waals surface area contributed by atoms with Crippen molar-refractivity contribution >= 4 is 17.7 Å². The summed E-state index contributed by atoms with van der Waals surface area (Å²) in [6, 6.07) is -0.377. The lowest BCUT2D eigenvalue weighted by Gasteiger charge is -2.04. The lowest BCUT2D eigenvalue weighted by molar-refractivity contribution is -0.389. The predicted molar refractivity (Wildman–Crippen MR) is 49.7 cm³/mol. The number of carbonyl (C=O) groups is 2. The third-order valence-electron chi connectivity index (χ3n) is 1.89. The van der Waals surface area contributed by atoms with Crippen LogP contribution in [0.3, 0.4) is 0 Å². The molecular formula is C7H8N4O5. The standard InChI is InChI=1S/C7H8N4O5/c1-3(7(13)14)10-4(6(8)12)2-5(9-10)11(15)16/h2-3H,1H3,(H2,8,12)(H,13,14). The molecule has 16 heavy (non-hydrogen) atoms. The Balaban J connectivity index is 3.30. The molecule has 1 amide bonds. The highest BCUT2D eigenvalue weighted by molar-refractivity contribution is 5.92. The van der Waals surface area contributed by atoms with Gasteiger partial charge in [-0.2, -0.15) is 4.68 Å². The van der Waals surface area contributed by atoms with Crippen LogP contribution in [0.5, 0.6) is 0 Å². The molecule has 0 aliphatic carbocycles. The zero-order valence-corrected chi connectivity index (χ0v) is 8.15. The summed E-state index contributed by atoms with van der Waals surface area (Å²) in [5.74, 6) is -2.88. The molecule has 0 saturated heterocycles. The topological polar surface area (TPSA) is 141 Å². The first-order valence-electron chi connectivity index (χ1n) is 4.11. The molecule has 0 fully saturated rings. The van der Waals surface area contributed by atoms with Crippen molar-refractivity contribution in [3.63, 3.8) is 0 Å². The Morgan fingerprint density at radius 2 is 2.25 bits per heavy atom. The van der Waals surface area contributed by atoms with E-state index in [9.17, 15) is 19.7 Å². The Morgan fingerprint density at radius 1 is 1.69 bits per heavy atom. The van der Waals surface area contributed by atoms with Crippen LogP contribution in [0.25, 0.3) is 0 Å². The van der Waals surface area contributed by atoms with Crippen molar-refractivity contribution in [3.8, 4) is 0 Å². The highest BCUT2D eigenvalue weighted by Gasteiger charge is 2.28. The second-order valence-electron chi connectivity index (χ2n) is 2.97. The summed E-state index contributed by atoms with van der Waals surface area (Å²) < 4.78 is 0.711. The first kappa shape index (κ1) is 11.6. The van der Waals surface area contributed by atoms with Gasteiger partial charge in [-0.25, -0.2) is 4.79 Å². The third kappa shape index (κ3) is 1.97. The molecule has 1 heterocycles. The fraction of sp³-hybridized carbons (Fsp3) is 0.286. The quantitative estimate of drug-likeness (QED) is 0.527. The normalized spacial score (nSPS) is 12.1. The zero-order chi connectivity index (χ0) is 12.5. The van der Waals surface area contributed by atoms with E-state index in [1.165, 1.54) is 6.92 Å². The maximum absolute atomic E-state index is 10.9. The van der Waals surface area contributed by atoms with E-state index in [0.717, 1.165) is 6.07 Å². The molecule has 0 aromatic carbocycles. The van der Waals surface area contributed by atoms with E-state index in [0.29, 0.717) is 4.68 Å². The number of nitrogens with zero attached hydrogens (tertiary/aromatic N) is 3. The zero-order valence-electron chi connectivity index (χ0n) is 8.15. The number of hydrogen-bond donors (Lipinski definition) is 2. The van der Waals surface area contributed by atoms with E-state index in [1.807, 2.05) is 0 Å². The molecule has 9 heteroatoms. The summed E-state index contributed by atoms with van der Waals surface area (Å²) in [5.41, 5.74) is 4.63. The van der Waals surface area contributed by atoms with E-state index in [-0.39, 0.29) is 5.69 Å². The van der Waals surface area contributed by atoms with Gasteiger partial charge in [-0.15, -0.1) is 0 Å². The van der Waals surface area contributed by atoms with Crippen LogP contribution in [0.1, 0.15) is 23.5 Å². The number of carbonyl (C=O) groups excluding carboxylic acids is 1. The molecule has 0 bridgehead atoms. The first-order chi connectivity index (χ1) is 7.34. The summed E-state index contributed by atoms with van der Waals surface area (Å²) in [5, 5.41) is 22.5. The molecule has 86 valence electrons. The minimum absolute atomic E-state index is 0.318. The average molecular weight is 228 g/mol. The van der Waals surface area contributed by atoms with Crippen LogP contribution in [0, 0.1) is 10.1 Å². The van der Waals surface area contributed by atoms with Crippen molar-refractivity contribution in [3.05, 3.63) is 21.9 Å². The monoisotopic (exact) mass is 228 g/mol. The van der Waals surface area contributed by atoms with Gasteiger partial charge in [0.2, 0.25) is 0 Å². The lowest BCUT2D eigenvalue weighted by Crippen LogP contribution is -2.24. The Kier molecular flexibility index (Phi) is 2.88. The highest BCUT2D eigenvalue weighted by atomic mass is 16.6. The van der Waals surface area contributed by atoms with Crippen molar-refractivity contribution in [1.82, 2.24) is 9.78 Å². The van der Waals surface area contributed by atoms with Crippen LogP contribution in [-0.2, 0) is 4.79 Å². The van der Waals surface area contributed by atoms with Gasteiger partial charge in [0.15, 0.2) is 11.7 Å². The number of nitro groups is 1. The Morgan fingerprint density at radius 3 is 2.62 bits per heavy atom. The molecular weight excluding hydrogens is 220 g/mol. The Labute approximate surface area is 88.6 Å². The minimum atomic E-state index is -1.28. The average Bonchev–Trinajstić information content (AvgIpc) is 2.60. The molecule has 1 atom stereocenters. The van der Waals surface area contributed by atoms with Crippen molar-refractivity contribution in [1.29, 1.82) is 0 Å². The second kappa shape index (κ2) is 3.96. The van der Waals surface area contributed by atoms with E-state index in [1.54, 1.807) is 0 Å². The number of rotatable bonds is 4. The number of aromatic nitrogens is 2. The smallest absolute Gasteiger partial charge is 0.390 e. The van der Waals surface area contributed by atoms with Gasteiger partial charge in [-0.05, 0) is 11.8 Å². The van der Waals surface area contributed by atoms with Crippen molar-refractivity contribution in [2.75, 3.05) is 0 Å². The van der Waals surface area contributed by atoms with Crippen LogP contribution in [0.15, 0.2) is 6.07 Å². The molecule has 3 N–H and O–H groups in total. The van der Waals surface area contributed by atoms with Crippen LogP contribution < -0.4 is 5.73 Å². The molecule has 0 spiro atoms. The fourth-order valence-corrected chi connectivity index (χ4v) is 1.05. The molecule has 1 aromatic heterocycles. The van der Waals surface area contributed by atoms with Crippen LogP contribution >= 0.6 is 0 Å². The molecule has 9 nitrogen and oxygen atoms in total. The van der Waals surface area contributed by atoms with E-state index in [2.05, 4.69) is 5.10 Å². The van der Waals surface area contributed by atoms with Gasteiger partial charge in [-0.3, -0.25) is 4.79 Å². The number of amides is 1. The number of primary amides is 1. The van der Waals surface area contributed by atoms with Crippen LogP contribution in [0.2, 0.25) is 0 Å². The summed E-state index contributed by atoms with van der Waals surface area (Å²) >= 11 is 0. The predicted octanol–water partition coefficient (Wildman–Crippen LogP) is -0.464. The Hall–Kier alpha value is -2.45. The second-order valence-corrected chi connectivity index (χ2v) is 2.97. The minimum Gasteiger partial charge on any atom is -0.480 e. The summed E-state index contributed by atoms with van der Waals surface area (Å²) in [6.45, 7) is 1.23. The third-order valence-corrected chi connectivity index (χ3v) is 1.89. The number of hydrogen-bond acceptors (Lipinski definition) is 5. The first-order valence-corrected chi connectivity index (χ1v) is 4.11. The van der Waals surface area contributed by atoms with Crippen LogP contribution in [0.4, 0.5) is 5.82 Å². The van der Waals surface area contributed by atoms with E-state index >= 15 is 0 Å². The fourth-order valence-electron chi connectivity index (χ4n) is 1.05. The lowest BCUT2D eigenvalue weighted by atomic mass is 10.3. The highest BCUT2D eigenvalue weighted by Crippen LogP contribution is 2.16. The molecule has 0 aliphatic heterocycles. The maximum atomic E-state index is 10.9. The number of nitrogens with two attached hydrogens (primary N) is 1. The van der Waals surface area contributed by atoms with Gasteiger partial charge in [-0.1, -0.05) is 0 Å². The van der Waals surface area contributed by atoms with Gasteiger partial charge >= 0.3 is 11.8 Å². The van der Waals surface area contributed by atoms with Crippen molar-refractivity contribution in [2.24, 2.45) is 5.73 Å². The van der Waals surface area contributed by atoms with Gasteiger partial charge in [0.05, 0.1) is 11.2 Å². The van der Waals surface area contributed by atoms with E-state index in [4.69, 9.17) is 10.8 Å². The van der Waals surface area contributed by atoms with E-state index < -0.39 is 28.7 Å². The number of carboxylic acids is 1. The van der Waals surface area contributed by atoms with Gasteiger partial charge < -0.3 is 21.0 Å². The summed E-state index contributed by atoms with van der Waals surface area (Å²) in [7, 11) is 0. The Bertz CT molecular complexity index is 465. The molecule has 1 rings (SSSR count). The molecule has 1 unspecified atom stereocenters. The SMILES string of the molecule is CC(C(=O)O)n1nc([N+](=O)[O-])cc1C(N)=O. The largest absolute Gasteiger partial charge is 0.480 e. The molecule has 1 aromatic rings. The molecule has 0 radical (unpaired) electrons. The van der Waals surface area contributed by atoms with Gasteiger partial charge in [0.1, 0.15) is 0 Å². The van der Waals surface area contributed by atoms with Crippen molar-refractivity contribution < 1.29 is 19.6 Å². The van der Waals surface area contributed by atoms with Gasteiger partial charge in [0.25, 0.3) is 5.91 Å².